The van der Waals surface area contributed by atoms with Crippen LogP contribution in [0.5, 0.6) is 0 Å². The number of carbonyl (C=O) groups is 2. The molecule has 0 saturated carbocycles. The van der Waals surface area contributed by atoms with Crippen LogP contribution in [0.1, 0.15) is 31.2 Å². The smallest absolute Gasteiger partial charge is 0.320 e. The number of para-hydroxylation sites is 1. The van der Waals surface area contributed by atoms with E-state index in [1.54, 1.807) is 0 Å². The summed E-state index contributed by atoms with van der Waals surface area (Å²) >= 11 is 0. The van der Waals surface area contributed by atoms with Crippen molar-refractivity contribution in [2.45, 2.75) is 38.1 Å². The number of hydrogen-bond donors (Lipinski definition) is 5. The van der Waals surface area contributed by atoms with Crippen LogP contribution in [0.2, 0.25) is 0 Å². The minimum atomic E-state index is -0.972. The van der Waals surface area contributed by atoms with E-state index in [9.17, 15) is 9.59 Å². The molecule has 0 amide bonds. The first-order valence-corrected chi connectivity index (χ1v) is 7.91. The maximum absolute atomic E-state index is 10.6. The minimum Gasteiger partial charge on any atom is -0.481 e. The van der Waals surface area contributed by atoms with Crippen molar-refractivity contribution in [1.29, 1.82) is 0 Å². The zero-order valence-electron chi connectivity index (χ0n) is 13.6. The molecule has 0 aliphatic rings. The Morgan fingerprint density at radius 2 is 1.83 bits per heavy atom. The van der Waals surface area contributed by atoms with Gasteiger partial charge in [-0.05, 0) is 31.0 Å². The first-order valence-electron chi connectivity index (χ1n) is 7.91. The van der Waals surface area contributed by atoms with Gasteiger partial charge in [-0.15, -0.1) is 0 Å². The van der Waals surface area contributed by atoms with Crippen LogP contribution in [0.15, 0.2) is 30.5 Å². The Bertz CT molecular complexity index is 654. The fraction of sp³-hybridized carbons (Fsp3) is 0.412. The summed E-state index contributed by atoms with van der Waals surface area (Å²) in [4.78, 5) is 23.6. The van der Waals surface area contributed by atoms with Crippen molar-refractivity contribution >= 4 is 22.8 Å². The van der Waals surface area contributed by atoms with Crippen LogP contribution in [0.4, 0.5) is 0 Å². The third-order valence-corrected chi connectivity index (χ3v) is 3.53. The van der Waals surface area contributed by atoms with Crippen LogP contribution < -0.4 is 11.5 Å². The van der Waals surface area contributed by atoms with Crippen molar-refractivity contribution in [2.75, 3.05) is 6.54 Å². The molecule has 1 aromatic carbocycles. The van der Waals surface area contributed by atoms with Gasteiger partial charge in [0, 0.05) is 29.9 Å². The average Bonchev–Trinajstić information content (AvgIpc) is 2.95. The van der Waals surface area contributed by atoms with E-state index in [1.807, 2.05) is 30.5 Å². The number of hydrogen-bond acceptors (Lipinski definition) is 4. The van der Waals surface area contributed by atoms with Gasteiger partial charge >= 0.3 is 11.9 Å². The predicted molar refractivity (Wildman–Crippen MR) is 92.8 cm³/mol. The van der Waals surface area contributed by atoms with Crippen molar-refractivity contribution in [3.05, 3.63) is 36.0 Å². The zero-order valence-corrected chi connectivity index (χ0v) is 13.6. The van der Waals surface area contributed by atoms with E-state index in [0.29, 0.717) is 13.0 Å². The first kappa shape index (κ1) is 19.7. The average molecular weight is 335 g/mol. The summed E-state index contributed by atoms with van der Waals surface area (Å²) < 4.78 is 0. The lowest BCUT2D eigenvalue weighted by atomic mass is 10.1. The van der Waals surface area contributed by atoms with Crippen molar-refractivity contribution < 1.29 is 19.8 Å². The highest BCUT2D eigenvalue weighted by molar-refractivity contribution is 5.84. The fourth-order valence-electron chi connectivity index (χ4n) is 2.22. The van der Waals surface area contributed by atoms with Gasteiger partial charge in [0.2, 0.25) is 0 Å². The molecule has 0 aliphatic heterocycles. The van der Waals surface area contributed by atoms with E-state index in [4.69, 9.17) is 21.7 Å². The van der Waals surface area contributed by atoms with E-state index in [2.05, 4.69) is 4.98 Å². The van der Waals surface area contributed by atoms with E-state index in [0.717, 1.165) is 35.7 Å². The number of aliphatic carboxylic acids is 2. The van der Waals surface area contributed by atoms with Gasteiger partial charge in [-0.1, -0.05) is 24.6 Å². The minimum absolute atomic E-state index is 0.278. The first-order chi connectivity index (χ1) is 11.5. The molecule has 1 heterocycles. The van der Waals surface area contributed by atoms with Crippen LogP contribution in [-0.4, -0.2) is 39.7 Å². The number of unbranched alkanes of at least 4 members (excludes halogenated alkanes) is 2. The van der Waals surface area contributed by atoms with E-state index in [-0.39, 0.29) is 6.42 Å². The molecule has 7 N–H and O–H groups in total. The number of fused-ring (bicyclic) bond motifs is 1. The number of nitrogens with two attached hydrogens (primary N) is 2. The van der Waals surface area contributed by atoms with Crippen LogP contribution in [-0.2, 0) is 16.0 Å². The molecule has 0 radical (unpaired) electrons. The van der Waals surface area contributed by atoms with Crippen LogP contribution in [0.25, 0.3) is 10.9 Å². The summed E-state index contributed by atoms with van der Waals surface area (Å²) in [6.45, 7) is 0.666. The summed E-state index contributed by atoms with van der Waals surface area (Å²) in [5.41, 5.74) is 12.6. The van der Waals surface area contributed by atoms with Crippen LogP contribution >= 0.6 is 0 Å². The number of nitrogens with one attached hydrogen (secondary N) is 1. The number of benzene rings is 1. The van der Waals surface area contributed by atoms with Gasteiger partial charge in [0.25, 0.3) is 0 Å². The molecule has 0 bridgehead atoms. The number of carboxylic acid groups (broad SMARTS) is 2. The summed E-state index contributed by atoms with van der Waals surface area (Å²) in [7, 11) is 0. The van der Waals surface area contributed by atoms with Gasteiger partial charge in [0.15, 0.2) is 0 Å². The zero-order chi connectivity index (χ0) is 17.9. The molecule has 2 rings (SSSR count). The summed E-state index contributed by atoms with van der Waals surface area (Å²) in [6.07, 6.45) is 5.06. The molecule has 0 spiro atoms. The van der Waals surface area contributed by atoms with Crippen molar-refractivity contribution in [1.82, 2.24) is 4.98 Å². The fourth-order valence-corrected chi connectivity index (χ4v) is 2.22. The Morgan fingerprint density at radius 3 is 2.46 bits per heavy atom. The van der Waals surface area contributed by atoms with Crippen molar-refractivity contribution in [3.63, 3.8) is 0 Å². The second kappa shape index (κ2) is 10.4. The molecule has 1 atom stereocenters. The molecule has 24 heavy (non-hydrogen) atoms. The molecular formula is C17H25N3O4. The lowest BCUT2D eigenvalue weighted by molar-refractivity contribution is -0.139. The highest BCUT2D eigenvalue weighted by Crippen LogP contribution is 2.18. The Kier molecular flexibility index (Phi) is 8.53. The summed E-state index contributed by atoms with van der Waals surface area (Å²) in [5, 5.41) is 17.9. The van der Waals surface area contributed by atoms with Gasteiger partial charge in [-0.2, -0.15) is 0 Å². The van der Waals surface area contributed by atoms with E-state index < -0.39 is 18.0 Å². The number of aromatic amines is 1. The molecule has 7 nitrogen and oxygen atoms in total. The quantitative estimate of drug-likeness (QED) is 0.465. The number of H-pyrrole nitrogens is 1. The van der Waals surface area contributed by atoms with Gasteiger partial charge in [0.05, 0.1) is 0 Å². The SMILES string of the molecule is NC(Cc1c[nH]c2ccccc12)C(=O)O.NCCCCCC(=O)O. The number of carboxylic acids is 2. The third kappa shape index (κ3) is 6.80. The summed E-state index contributed by atoms with van der Waals surface area (Å²) in [6, 6.07) is 6.91. The molecule has 0 aliphatic carbocycles. The second-order valence-corrected chi connectivity index (χ2v) is 5.50. The maximum Gasteiger partial charge on any atom is 0.320 e. The van der Waals surface area contributed by atoms with Crippen molar-refractivity contribution in [3.8, 4) is 0 Å². The van der Waals surface area contributed by atoms with Gasteiger partial charge < -0.3 is 26.7 Å². The standard InChI is InChI=1S/C11H12N2O2.C6H13NO2/c12-9(11(14)15)5-7-6-13-10-4-2-1-3-8(7)10;7-5-3-1-2-4-6(8)9/h1-4,6,9,13H,5,12H2,(H,14,15);1-5,7H2,(H,8,9). The number of aromatic nitrogens is 1. The lowest BCUT2D eigenvalue weighted by Crippen LogP contribution is -2.32. The Hall–Kier alpha value is -2.38. The van der Waals surface area contributed by atoms with Crippen LogP contribution in [0.3, 0.4) is 0 Å². The van der Waals surface area contributed by atoms with E-state index >= 15 is 0 Å². The Balaban J connectivity index is 0.000000277. The van der Waals surface area contributed by atoms with Crippen molar-refractivity contribution in [2.24, 2.45) is 11.5 Å². The normalized spacial score (nSPS) is 11.6. The second-order valence-electron chi connectivity index (χ2n) is 5.50. The monoisotopic (exact) mass is 335 g/mol. The van der Waals surface area contributed by atoms with Gasteiger partial charge in [-0.25, -0.2) is 0 Å². The third-order valence-electron chi connectivity index (χ3n) is 3.53. The predicted octanol–water partition coefficient (Wildman–Crippen LogP) is 1.71. The maximum atomic E-state index is 10.6. The van der Waals surface area contributed by atoms with Gasteiger partial charge in [0.1, 0.15) is 6.04 Å². The highest BCUT2D eigenvalue weighted by Gasteiger charge is 2.14. The largest absolute Gasteiger partial charge is 0.481 e. The molecule has 0 saturated heterocycles. The Labute approximate surface area is 140 Å². The summed E-state index contributed by atoms with van der Waals surface area (Å²) in [5.74, 6) is -1.69. The highest BCUT2D eigenvalue weighted by atomic mass is 16.4. The van der Waals surface area contributed by atoms with Gasteiger partial charge in [-0.3, -0.25) is 9.59 Å². The molecular weight excluding hydrogens is 310 g/mol. The lowest BCUT2D eigenvalue weighted by Gasteiger charge is -2.04. The number of rotatable bonds is 8. The molecule has 2 aromatic rings. The van der Waals surface area contributed by atoms with Crippen LogP contribution in [0, 0.1) is 0 Å². The molecule has 1 unspecified atom stereocenters. The molecule has 0 fully saturated rings. The molecule has 132 valence electrons. The molecule has 7 heteroatoms. The molecule has 1 aromatic heterocycles. The van der Waals surface area contributed by atoms with E-state index in [1.165, 1.54) is 0 Å². The topological polar surface area (TPSA) is 142 Å². The Morgan fingerprint density at radius 1 is 1.12 bits per heavy atom.